The van der Waals surface area contributed by atoms with Gasteiger partial charge < -0.3 is 5.11 Å². The van der Waals surface area contributed by atoms with E-state index in [1.54, 1.807) is 11.8 Å². The zero-order valence-electron chi connectivity index (χ0n) is 18.6. The summed E-state index contributed by atoms with van der Waals surface area (Å²) in [4.78, 5) is 0. The van der Waals surface area contributed by atoms with Gasteiger partial charge in [0.05, 0.1) is 18.9 Å². The molecule has 4 nitrogen and oxygen atoms in total. The molecule has 0 heterocycles. The van der Waals surface area contributed by atoms with Crippen LogP contribution >= 0.6 is 11.8 Å². The van der Waals surface area contributed by atoms with Crippen molar-refractivity contribution in [2.24, 2.45) is 0 Å². The molecule has 0 aliphatic heterocycles. The Morgan fingerprint density at radius 2 is 1.14 bits per heavy atom. The lowest BCUT2D eigenvalue weighted by Gasteiger charge is -2.14. The van der Waals surface area contributed by atoms with E-state index in [4.69, 9.17) is 0 Å². The molecule has 0 spiro atoms. The molecule has 0 aromatic heterocycles. The van der Waals surface area contributed by atoms with Gasteiger partial charge in [0.2, 0.25) is 10.0 Å². The average Bonchev–Trinajstić information content (AvgIpc) is 2.65. The van der Waals surface area contributed by atoms with Crippen molar-refractivity contribution in [2.75, 3.05) is 24.4 Å². The molecular weight excluding hydrogens is 390 g/mol. The molecule has 0 rings (SSSR count). The molecule has 0 aromatic carbocycles. The van der Waals surface area contributed by atoms with Gasteiger partial charge >= 0.3 is 0 Å². The van der Waals surface area contributed by atoms with Gasteiger partial charge in [-0.15, -0.1) is 0 Å². The molecule has 0 radical (unpaired) electrons. The van der Waals surface area contributed by atoms with Crippen LogP contribution in [0.1, 0.15) is 110 Å². The quantitative estimate of drug-likeness (QED) is 0.207. The maximum absolute atomic E-state index is 11.2. The summed E-state index contributed by atoms with van der Waals surface area (Å²) in [7, 11) is -3.23. The summed E-state index contributed by atoms with van der Waals surface area (Å²) >= 11 is 1.73. The lowest BCUT2D eigenvalue weighted by atomic mass is 10.0. The highest BCUT2D eigenvalue weighted by molar-refractivity contribution is 7.99. The number of aliphatic hydroxyl groups is 1. The van der Waals surface area contributed by atoms with Gasteiger partial charge in [-0.1, -0.05) is 103 Å². The van der Waals surface area contributed by atoms with Crippen LogP contribution in [-0.4, -0.2) is 43.9 Å². The van der Waals surface area contributed by atoms with Crippen LogP contribution in [0.3, 0.4) is 0 Å². The highest BCUT2D eigenvalue weighted by atomic mass is 32.2. The first-order valence-corrected chi connectivity index (χ1v) is 14.7. The first-order valence-electron chi connectivity index (χ1n) is 11.7. The van der Waals surface area contributed by atoms with Crippen molar-refractivity contribution in [1.29, 1.82) is 0 Å². The predicted molar refractivity (Wildman–Crippen MR) is 126 cm³/mol. The van der Waals surface area contributed by atoms with Crippen molar-refractivity contribution in [2.45, 2.75) is 116 Å². The number of hydrogen-bond acceptors (Lipinski definition) is 4. The highest BCUT2D eigenvalue weighted by Crippen LogP contribution is 2.14. The van der Waals surface area contributed by atoms with Crippen LogP contribution in [0.25, 0.3) is 0 Å². The summed E-state index contributed by atoms with van der Waals surface area (Å²) in [6.45, 7) is 2.14. The van der Waals surface area contributed by atoms with Gasteiger partial charge in [0.25, 0.3) is 0 Å². The number of nitrogens with one attached hydrogen (secondary N) is 1. The van der Waals surface area contributed by atoms with Crippen molar-refractivity contribution in [1.82, 2.24) is 4.72 Å². The van der Waals surface area contributed by atoms with Gasteiger partial charge in [0, 0.05) is 5.75 Å². The lowest BCUT2D eigenvalue weighted by Crippen LogP contribution is -2.38. The van der Waals surface area contributed by atoms with E-state index in [9.17, 15) is 13.5 Å². The molecule has 1 atom stereocenters. The molecule has 0 saturated carbocycles. The molecule has 170 valence electrons. The summed E-state index contributed by atoms with van der Waals surface area (Å²) in [5, 5.41) is 9.19. The van der Waals surface area contributed by atoms with Crippen LogP contribution in [0.15, 0.2) is 0 Å². The predicted octanol–water partition coefficient (Wildman–Crippen LogP) is 5.89. The third-order valence-corrected chi connectivity index (χ3v) is 7.04. The zero-order chi connectivity index (χ0) is 20.9. The minimum absolute atomic E-state index is 0.140. The molecule has 0 unspecified atom stereocenters. The average molecular weight is 438 g/mol. The maximum atomic E-state index is 11.2. The summed E-state index contributed by atoms with van der Waals surface area (Å²) < 4.78 is 24.8. The highest BCUT2D eigenvalue weighted by Gasteiger charge is 2.12. The third kappa shape index (κ3) is 22.5. The molecular formula is C22H47NO3S2. The molecule has 28 heavy (non-hydrogen) atoms. The first-order chi connectivity index (χ1) is 13.5. The monoisotopic (exact) mass is 437 g/mol. The van der Waals surface area contributed by atoms with Crippen molar-refractivity contribution in [3.8, 4) is 0 Å². The standard InChI is InChI=1S/C22H47NO3S2/c1-3-4-5-6-7-8-9-10-11-12-13-14-15-16-17-18-19-27-21-22(20-24)23-28(2,25)26/h22-24H,3-21H2,1-2H3/t22-/m0/s1. The molecule has 0 aromatic rings. The van der Waals surface area contributed by atoms with Gasteiger partial charge in [-0.3, -0.25) is 0 Å². The second kappa shape index (κ2) is 20.5. The number of rotatable bonds is 22. The molecule has 0 amide bonds. The van der Waals surface area contributed by atoms with E-state index < -0.39 is 10.0 Å². The van der Waals surface area contributed by atoms with Crippen molar-refractivity contribution < 1.29 is 13.5 Å². The second-order valence-corrected chi connectivity index (χ2v) is 11.1. The third-order valence-electron chi connectivity index (χ3n) is 5.06. The van der Waals surface area contributed by atoms with Crippen LogP contribution in [0.5, 0.6) is 0 Å². The summed E-state index contributed by atoms with van der Waals surface area (Å²) in [5.74, 6) is 1.68. The summed E-state index contributed by atoms with van der Waals surface area (Å²) in [6.07, 6.45) is 23.2. The van der Waals surface area contributed by atoms with Crippen LogP contribution in [0.4, 0.5) is 0 Å². The van der Waals surface area contributed by atoms with Gasteiger partial charge in [0.1, 0.15) is 0 Å². The van der Waals surface area contributed by atoms with Gasteiger partial charge in [0.15, 0.2) is 0 Å². The minimum Gasteiger partial charge on any atom is -0.395 e. The Hall–Kier alpha value is 0.220. The summed E-state index contributed by atoms with van der Waals surface area (Å²) in [5.41, 5.74) is 0. The fourth-order valence-electron chi connectivity index (χ4n) is 3.40. The fourth-order valence-corrected chi connectivity index (χ4v) is 5.32. The van der Waals surface area contributed by atoms with E-state index in [-0.39, 0.29) is 12.6 Å². The molecule has 0 bridgehead atoms. The van der Waals surface area contributed by atoms with E-state index in [0.717, 1.165) is 12.0 Å². The zero-order valence-corrected chi connectivity index (χ0v) is 20.2. The molecule has 0 aliphatic carbocycles. The Labute approximate surface area is 180 Å². The maximum Gasteiger partial charge on any atom is 0.209 e. The van der Waals surface area contributed by atoms with E-state index >= 15 is 0 Å². The van der Waals surface area contributed by atoms with Crippen molar-refractivity contribution in [3.63, 3.8) is 0 Å². The Morgan fingerprint density at radius 3 is 1.50 bits per heavy atom. The minimum atomic E-state index is -3.23. The smallest absolute Gasteiger partial charge is 0.209 e. The van der Waals surface area contributed by atoms with Gasteiger partial charge in [-0.2, -0.15) is 11.8 Å². The Balaban J connectivity index is 3.21. The number of aliphatic hydroxyl groups excluding tert-OH is 1. The van der Waals surface area contributed by atoms with Crippen molar-refractivity contribution >= 4 is 21.8 Å². The molecule has 2 N–H and O–H groups in total. The van der Waals surface area contributed by atoms with Crippen LogP contribution in [0, 0.1) is 0 Å². The van der Waals surface area contributed by atoms with E-state index in [0.29, 0.717) is 5.75 Å². The lowest BCUT2D eigenvalue weighted by molar-refractivity contribution is 0.267. The molecule has 0 aliphatic rings. The fraction of sp³-hybridized carbons (Fsp3) is 1.00. The van der Waals surface area contributed by atoms with Gasteiger partial charge in [-0.25, -0.2) is 13.1 Å². The molecule has 6 heteroatoms. The van der Waals surface area contributed by atoms with E-state index in [1.807, 2.05) is 0 Å². The molecule has 0 fully saturated rings. The normalized spacial score (nSPS) is 13.1. The number of sulfonamides is 1. The van der Waals surface area contributed by atoms with Crippen LogP contribution < -0.4 is 4.72 Å². The van der Waals surface area contributed by atoms with Crippen LogP contribution in [0.2, 0.25) is 0 Å². The molecule has 0 saturated heterocycles. The van der Waals surface area contributed by atoms with Gasteiger partial charge in [-0.05, 0) is 12.2 Å². The van der Waals surface area contributed by atoms with E-state index in [1.165, 1.54) is 103 Å². The number of thioether (sulfide) groups is 1. The second-order valence-electron chi connectivity index (χ2n) is 8.15. The van der Waals surface area contributed by atoms with Crippen molar-refractivity contribution in [3.05, 3.63) is 0 Å². The Kier molecular flexibility index (Phi) is 20.7. The Bertz CT molecular complexity index is 416. The summed E-state index contributed by atoms with van der Waals surface area (Å²) in [6, 6.07) is -0.360. The Morgan fingerprint density at radius 1 is 0.750 bits per heavy atom. The topological polar surface area (TPSA) is 66.4 Å². The first kappa shape index (κ1) is 28.2. The van der Waals surface area contributed by atoms with E-state index in [2.05, 4.69) is 11.6 Å². The van der Waals surface area contributed by atoms with Crippen LogP contribution in [-0.2, 0) is 10.0 Å². The number of hydrogen-bond donors (Lipinski definition) is 2. The SMILES string of the molecule is CCCCCCCCCCCCCCCCCCSC[C@H](CO)NS(C)(=O)=O. The number of unbranched alkanes of at least 4 members (excludes halogenated alkanes) is 15. The largest absolute Gasteiger partial charge is 0.395 e.